The summed E-state index contributed by atoms with van der Waals surface area (Å²) >= 11 is 10.3. The largest absolute Gasteiger partial charge is 0.291 e. The molecule has 0 spiro atoms. The second-order valence-corrected chi connectivity index (χ2v) is 5.14. The summed E-state index contributed by atoms with van der Waals surface area (Å²) in [4.78, 5) is 15.6. The van der Waals surface area contributed by atoms with Crippen LogP contribution < -0.4 is 0 Å². The highest BCUT2D eigenvalue weighted by Crippen LogP contribution is 2.25. The summed E-state index contributed by atoms with van der Waals surface area (Å²) in [6.45, 7) is 0. The number of aromatic nitrogens is 1. The molecule has 82 valence electrons. The van der Waals surface area contributed by atoms with Gasteiger partial charge in [0, 0.05) is 15.4 Å². The molecule has 0 fully saturated rings. The van der Waals surface area contributed by atoms with Gasteiger partial charge in [-0.1, -0.05) is 28.1 Å². The van der Waals surface area contributed by atoms with E-state index in [9.17, 15) is 4.79 Å². The zero-order valence-electron chi connectivity index (χ0n) is 8.11. The van der Waals surface area contributed by atoms with E-state index < -0.39 is 0 Å². The predicted molar refractivity (Wildman–Crippen MR) is 70.3 cm³/mol. The van der Waals surface area contributed by atoms with Crippen LogP contribution in [0.1, 0.15) is 10.5 Å². The number of hydrogen-bond donors (Lipinski definition) is 0. The highest BCUT2D eigenvalue weighted by Gasteiger charge is 2.10. The lowest BCUT2D eigenvalue weighted by Gasteiger charge is -1.95. The van der Waals surface area contributed by atoms with Crippen LogP contribution in [0.25, 0.3) is 10.6 Å². The zero-order valence-corrected chi connectivity index (χ0v) is 11.3. The highest BCUT2D eigenvalue weighted by atomic mass is 79.9. The van der Waals surface area contributed by atoms with E-state index in [0.29, 0.717) is 5.69 Å². The number of benzene rings is 1. The average Bonchev–Trinajstić information content (AvgIpc) is 2.78. The first kappa shape index (κ1) is 11.8. The number of ketones is 1. The quantitative estimate of drug-likeness (QED) is 0.633. The maximum Gasteiger partial charge on any atom is 0.196 e. The van der Waals surface area contributed by atoms with Gasteiger partial charge in [-0.3, -0.25) is 4.79 Å². The molecule has 0 radical (unpaired) electrons. The molecule has 0 N–H and O–H groups in total. The Morgan fingerprint density at radius 3 is 2.69 bits per heavy atom. The normalized spacial score (nSPS) is 10.4. The van der Waals surface area contributed by atoms with Crippen LogP contribution in [0.4, 0.5) is 0 Å². The SMILES string of the molecule is O=C(CCl)c1csc(-c2ccc(Br)cc2)n1. The van der Waals surface area contributed by atoms with Gasteiger partial charge in [0.2, 0.25) is 0 Å². The fourth-order valence-electron chi connectivity index (χ4n) is 1.20. The third-order valence-electron chi connectivity index (χ3n) is 2.00. The number of hydrogen-bond acceptors (Lipinski definition) is 3. The third kappa shape index (κ3) is 2.51. The van der Waals surface area contributed by atoms with Crippen LogP contribution in [0, 0.1) is 0 Å². The summed E-state index contributed by atoms with van der Waals surface area (Å²) in [6, 6.07) is 7.80. The van der Waals surface area contributed by atoms with Crippen molar-refractivity contribution < 1.29 is 4.79 Å². The molecule has 5 heteroatoms. The van der Waals surface area contributed by atoms with E-state index in [-0.39, 0.29) is 11.7 Å². The minimum Gasteiger partial charge on any atom is -0.291 e. The molecule has 2 rings (SSSR count). The van der Waals surface area contributed by atoms with Crippen molar-refractivity contribution in [3.63, 3.8) is 0 Å². The second kappa shape index (κ2) is 5.08. The van der Waals surface area contributed by atoms with Gasteiger partial charge in [-0.05, 0) is 12.1 Å². The molecular formula is C11H7BrClNOS. The molecule has 1 aromatic carbocycles. The van der Waals surface area contributed by atoms with Gasteiger partial charge in [-0.25, -0.2) is 4.98 Å². The average molecular weight is 317 g/mol. The Labute approximate surface area is 110 Å². The third-order valence-corrected chi connectivity index (χ3v) is 3.67. The van der Waals surface area contributed by atoms with Gasteiger partial charge >= 0.3 is 0 Å². The maximum atomic E-state index is 11.3. The monoisotopic (exact) mass is 315 g/mol. The second-order valence-electron chi connectivity index (χ2n) is 3.10. The summed E-state index contributed by atoms with van der Waals surface area (Å²) in [5.41, 5.74) is 1.44. The lowest BCUT2D eigenvalue weighted by molar-refractivity contribution is 0.101. The summed E-state index contributed by atoms with van der Waals surface area (Å²) in [6.07, 6.45) is 0. The zero-order chi connectivity index (χ0) is 11.5. The van der Waals surface area contributed by atoms with Crippen LogP contribution in [0.3, 0.4) is 0 Å². The number of nitrogens with zero attached hydrogens (tertiary/aromatic N) is 1. The van der Waals surface area contributed by atoms with E-state index >= 15 is 0 Å². The molecule has 2 aromatic rings. The van der Waals surface area contributed by atoms with Crippen LogP contribution in [0.2, 0.25) is 0 Å². The molecule has 0 aliphatic heterocycles. The molecule has 1 heterocycles. The number of alkyl halides is 1. The number of thiazole rings is 1. The molecule has 0 aliphatic rings. The van der Waals surface area contributed by atoms with E-state index in [4.69, 9.17) is 11.6 Å². The Kier molecular flexibility index (Phi) is 3.74. The first-order chi connectivity index (χ1) is 7.70. The molecule has 0 saturated carbocycles. The smallest absolute Gasteiger partial charge is 0.196 e. The van der Waals surface area contributed by atoms with Gasteiger partial charge < -0.3 is 0 Å². The molecule has 0 saturated heterocycles. The van der Waals surface area contributed by atoms with Crippen LogP contribution in [-0.2, 0) is 0 Å². The minimum absolute atomic E-state index is 0.0243. The first-order valence-corrected chi connectivity index (χ1v) is 6.72. The van der Waals surface area contributed by atoms with E-state index in [0.717, 1.165) is 15.0 Å². The molecule has 16 heavy (non-hydrogen) atoms. The Hall–Kier alpha value is -0.710. The Bertz CT molecular complexity index is 509. The fourth-order valence-corrected chi connectivity index (χ4v) is 2.43. The van der Waals surface area contributed by atoms with Crippen molar-refractivity contribution in [1.29, 1.82) is 0 Å². The van der Waals surface area contributed by atoms with Crippen molar-refractivity contribution in [1.82, 2.24) is 4.98 Å². The number of halogens is 2. The standard InChI is InChI=1S/C11H7BrClNOS/c12-8-3-1-7(2-4-8)11-14-9(6-16-11)10(15)5-13/h1-4,6H,5H2. The van der Waals surface area contributed by atoms with Gasteiger partial charge in [-0.2, -0.15) is 0 Å². The van der Waals surface area contributed by atoms with Crippen LogP contribution in [-0.4, -0.2) is 16.6 Å². The summed E-state index contributed by atoms with van der Waals surface area (Å²) in [5.74, 6) is -0.162. The first-order valence-electron chi connectivity index (χ1n) is 4.51. The fraction of sp³-hybridized carbons (Fsp3) is 0.0909. The van der Waals surface area contributed by atoms with Gasteiger partial charge in [0.1, 0.15) is 10.7 Å². The van der Waals surface area contributed by atoms with E-state index in [2.05, 4.69) is 20.9 Å². The van der Waals surface area contributed by atoms with E-state index in [1.54, 1.807) is 5.38 Å². The van der Waals surface area contributed by atoms with Crippen LogP contribution in [0.5, 0.6) is 0 Å². The van der Waals surface area contributed by atoms with Crippen molar-refractivity contribution >= 4 is 44.7 Å². The summed E-state index contributed by atoms with van der Waals surface area (Å²) < 4.78 is 1.02. The van der Waals surface area contributed by atoms with Gasteiger partial charge in [0.05, 0.1) is 5.88 Å². The van der Waals surface area contributed by atoms with Gasteiger partial charge in [-0.15, -0.1) is 22.9 Å². The minimum atomic E-state index is -0.138. The lowest BCUT2D eigenvalue weighted by Crippen LogP contribution is -1.99. The molecule has 0 amide bonds. The van der Waals surface area contributed by atoms with E-state index in [1.165, 1.54) is 11.3 Å². The van der Waals surface area contributed by atoms with Crippen molar-refractivity contribution in [2.45, 2.75) is 0 Å². The number of carbonyl (C=O) groups excluding carboxylic acids is 1. The maximum absolute atomic E-state index is 11.3. The van der Waals surface area contributed by atoms with E-state index in [1.807, 2.05) is 24.3 Å². The van der Waals surface area contributed by atoms with Crippen LogP contribution in [0.15, 0.2) is 34.1 Å². The molecule has 1 aromatic heterocycles. The molecule has 2 nitrogen and oxygen atoms in total. The molecule has 0 atom stereocenters. The summed E-state index contributed by atoms with van der Waals surface area (Å²) in [5, 5.41) is 2.57. The molecular weight excluding hydrogens is 310 g/mol. The number of carbonyl (C=O) groups is 1. The molecule has 0 unspecified atom stereocenters. The topological polar surface area (TPSA) is 30.0 Å². The Balaban J connectivity index is 2.31. The highest BCUT2D eigenvalue weighted by molar-refractivity contribution is 9.10. The lowest BCUT2D eigenvalue weighted by atomic mass is 10.2. The number of Topliss-reactive ketones (excluding diaryl/α,β-unsaturated/α-hetero) is 1. The van der Waals surface area contributed by atoms with Crippen molar-refractivity contribution in [2.75, 3.05) is 5.88 Å². The molecule has 0 bridgehead atoms. The Morgan fingerprint density at radius 2 is 2.06 bits per heavy atom. The van der Waals surface area contributed by atoms with Gasteiger partial charge in [0.25, 0.3) is 0 Å². The summed E-state index contributed by atoms with van der Waals surface area (Å²) in [7, 11) is 0. The van der Waals surface area contributed by atoms with Crippen molar-refractivity contribution in [2.24, 2.45) is 0 Å². The predicted octanol–water partition coefficient (Wildman–Crippen LogP) is 3.99. The van der Waals surface area contributed by atoms with Crippen LogP contribution >= 0.6 is 38.9 Å². The number of rotatable bonds is 3. The Morgan fingerprint density at radius 1 is 1.38 bits per heavy atom. The van der Waals surface area contributed by atoms with Crippen molar-refractivity contribution in [3.05, 3.63) is 39.8 Å². The van der Waals surface area contributed by atoms with Gasteiger partial charge in [0.15, 0.2) is 5.78 Å². The van der Waals surface area contributed by atoms with Crippen molar-refractivity contribution in [3.8, 4) is 10.6 Å². The molecule has 0 aliphatic carbocycles.